The molecule has 126 valence electrons. The second-order valence-corrected chi connectivity index (χ2v) is 5.46. The van der Waals surface area contributed by atoms with Gasteiger partial charge < -0.3 is 15.7 Å². The Kier molecular flexibility index (Phi) is 5.21. The van der Waals surface area contributed by atoms with Crippen LogP contribution in [0.25, 0.3) is 0 Å². The summed E-state index contributed by atoms with van der Waals surface area (Å²) in [7, 11) is 0. The van der Waals surface area contributed by atoms with Crippen LogP contribution in [0.1, 0.15) is 15.9 Å². The lowest BCUT2D eigenvalue weighted by atomic mass is 10.1. The maximum Gasteiger partial charge on any atom is 0.335 e. The number of hydrogen-bond donors (Lipinski definition) is 3. The second-order valence-electron chi connectivity index (χ2n) is 5.46. The molecule has 0 saturated heterocycles. The van der Waals surface area contributed by atoms with Gasteiger partial charge in [0.1, 0.15) is 18.0 Å². The number of aromatic nitrogens is 2. The van der Waals surface area contributed by atoms with Gasteiger partial charge in [0, 0.05) is 18.3 Å². The highest BCUT2D eigenvalue weighted by Crippen LogP contribution is 2.17. The summed E-state index contributed by atoms with van der Waals surface area (Å²) in [6.07, 6.45) is 2.39. The third-order valence-electron chi connectivity index (χ3n) is 3.63. The molecule has 0 saturated carbocycles. The van der Waals surface area contributed by atoms with E-state index < -0.39 is 5.97 Å². The number of nitrogens with one attached hydrogen (secondary N) is 2. The minimum absolute atomic E-state index is 0.247. The van der Waals surface area contributed by atoms with E-state index in [4.69, 9.17) is 5.11 Å². The number of rotatable bonds is 7. The molecule has 1 heterocycles. The molecule has 0 spiro atoms. The molecule has 0 aliphatic heterocycles. The molecule has 25 heavy (non-hydrogen) atoms. The summed E-state index contributed by atoms with van der Waals surface area (Å²) in [5.74, 6) is 0.425. The zero-order chi connectivity index (χ0) is 17.5. The summed E-state index contributed by atoms with van der Waals surface area (Å²) >= 11 is 0. The number of benzene rings is 2. The summed E-state index contributed by atoms with van der Waals surface area (Å²) in [6.45, 7) is 0.772. The highest BCUT2D eigenvalue weighted by atomic mass is 16.4. The number of hydrogen-bond acceptors (Lipinski definition) is 5. The van der Waals surface area contributed by atoms with Crippen molar-refractivity contribution in [1.82, 2.24) is 9.97 Å². The molecule has 0 aliphatic rings. The van der Waals surface area contributed by atoms with Crippen molar-refractivity contribution in [2.75, 3.05) is 17.2 Å². The van der Waals surface area contributed by atoms with Gasteiger partial charge >= 0.3 is 5.97 Å². The van der Waals surface area contributed by atoms with Gasteiger partial charge in [0.25, 0.3) is 0 Å². The third-order valence-corrected chi connectivity index (χ3v) is 3.63. The van der Waals surface area contributed by atoms with Crippen molar-refractivity contribution in [2.24, 2.45) is 0 Å². The molecule has 0 radical (unpaired) electrons. The fourth-order valence-corrected chi connectivity index (χ4v) is 2.35. The molecule has 0 fully saturated rings. The number of carboxylic acid groups (broad SMARTS) is 1. The first kappa shape index (κ1) is 16.4. The highest BCUT2D eigenvalue weighted by Gasteiger charge is 2.03. The van der Waals surface area contributed by atoms with Gasteiger partial charge in [0.2, 0.25) is 0 Å². The summed E-state index contributed by atoms with van der Waals surface area (Å²) in [5.41, 5.74) is 2.27. The lowest BCUT2D eigenvalue weighted by Crippen LogP contribution is -2.07. The van der Waals surface area contributed by atoms with Crippen LogP contribution in [0.15, 0.2) is 67.0 Å². The first-order valence-corrected chi connectivity index (χ1v) is 7.91. The molecule has 6 heteroatoms. The van der Waals surface area contributed by atoms with Crippen LogP contribution < -0.4 is 10.6 Å². The van der Waals surface area contributed by atoms with Crippen LogP contribution >= 0.6 is 0 Å². The summed E-state index contributed by atoms with van der Waals surface area (Å²) in [6, 6.07) is 18.6. The first-order valence-electron chi connectivity index (χ1n) is 7.91. The molecule has 0 unspecified atom stereocenters. The third kappa shape index (κ3) is 4.78. The van der Waals surface area contributed by atoms with Crippen LogP contribution in [0, 0.1) is 0 Å². The molecular formula is C19H18N4O2. The SMILES string of the molecule is O=C(O)c1ccc(Nc2cc(NCCc3ccccc3)ncn2)cc1. The summed E-state index contributed by atoms with van der Waals surface area (Å²) in [5, 5.41) is 15.3. The molecule has 0 aliphatic carbocycles. The smallest absolute Gasteiger partial charge is 0.335 e. The van der Waals surface area contributed by atoms with Gasteiger partial charge in [-0.2, -0.15) is 0 Å². The van der Waals surface area contributed by atoms with Crippen LogP contribution in [0.4, 0.5) is 17.3 Å². The topological polar surface area (TPSA) is 87.1 Å². The molecule has 3 N–H and O–H groups in total. The van der Waals surface area contributed by atoms with Crippen molar-refractivity contribution in [3.8, 4) is 0 Å². The van der Waals surface area contributed by atoms with Gasteiger partial charge in [-0.3, -0.25) is 0 Å². The van der Waals surface area contributed by atoms with E-state index in [1.165, 1.54) is 11.9 Å². The maximum absolute atomic E-state index is 10.9. The molecular weight excluding hydrogens is 316 g/mol. The normalized spacial score (nSPS) is 10.2. The quantitative estimate of drug-likeness (QED) is 0.612. The van der Waals surface area contributed by atoms with Gasteiger partial charge in [-0.15, -0.1) is 0 Å². The minimum atomic E-state index is -0.946. The Balaban J connectivity index is 1.58. The van der Waals surface area contributed by atoms with Crippen LogP contribution in [0.2, 0.25) is 0 Å². The largest absolute Gasteiger partial charge is 0.478 e. The van der Waals surface area contributed by atoms with Crippen molar-refractivity contribution < 1.29 is 9.90 Å². The predicted octanol–water partition coefficient (Wildman–Crippen LogP) is 3.57. The van der Waals surface area contributed by atoms with Crippen molar-refractivity contribution in [1.29, 1.82) is 0 Å². The number of aromatic carboxylic acids is 1. The number of nitrogens with zero attached hydrogens (tertiary/aromatic N) is 2. The van der Waals surface area contributed by atoms with Gasteiger partial charge in [-0.05, 0) is 36.2 Å². The second kappa shape index (κ2) is 7.92. The monoisotopic (exact) mass is 334 g/mol. The van der Waals surface area contributed by atoms with Crippen LogP contribution in [0.3, 0.4) is 0 Å². The van der Waals surface area contributed by atoms with E-state index in [1.807, 2.05) is 24.3 Å². The van der Waals surface area contributed by atoms with E-state index in [9.17, 15) is 4.79 Å². The molecule has 3 rings (SSSR count). The standard InChI is InChI=1S/C19H18N4O2/c24-19(25)15-6-8-16(9-7-15)23-18-12-17(21-13-22-18)20-11-10-14-4-2-1-3-5-14/h1-9,12-13H,10-11H2,(H,24,25)(H2,20,21,22,23). The van der Waals surface area contributed by atoms with Crippen molar-refractivity contribution >= 4 is 23.3 Å². The van der Waals surface area contributed by atoms with E-state index in [0.29, 0.717) is 5.82 Å². The molecule has 1 aromatic heterocycles. The maximum atomic E-state index is 10.9. The lowest BCUT2D eigenvalue weighted by Gasteiger charge is -2.09. The van der Waals surface area contributed by atoms with Gasteiger partial charge in [0.15, 0.2) is 0 Å². The van der Waals surface area contributed by atoms with E-state index >= 15 is 0 Å². The fraction of sp³-hybridized carbons (Fsp3) is 0.105. The number of carboxylic acids is 1. The van der Waals surface area contributed by atoms with Crippen LogP contribution in [-0.4, -0.2) is 27.6 Å². The first-order chi connectivity index (χ1) is 12.2. The average Bonchev–Trinajstić information content (AvgIpc) is 2.63. The highest BCUT2D eigenvalue weighted by molar-refractivity contribution is 5.88. The van der Waals surface area contributed by atoms with Gasteiger partial charge in [-0.25, -0.2) is 14.8 Å². The van der Waals surface area contributed by atoms with Crippen molar-refractivity contribution in [2.45, 2.75) is 6.42 Å². The molecule has 0 bridgehead atoms. The van der Waals surface area contributed by atoms with Crippen LogP contribution in [-0.2, 0) is 6.42 Å². The van der Waals surface area contributed by atoms with E-state index in [2.05, 4.69) is 32.7 Å². The van der Waals surface area contributed by atoms with E-state index in [1.54, 1.807) is 24.3 Å². The van der Waals surface area contributed by atoms with Gasteiger partial charge in [-0.1, -0.05) is 30.3 Å². The number of anilines is 3. The Hall–Kier alpha value is -3.41. The zero-order valence-electron chi connectivity index (χ0n) is 13.5. The Labute approximate surface area is 145 Å². The lowest BCUT2D eigenvalue weighted by molar-refractivity contribution is 0.0697. The number of carbonyl (C=O) groups is 1. The summed E-state index contributed by atoms with van der Waals surface area (Å²) < 4.78 is 0. The zero-order valence-corrected chi connectivity index (χ0v) is 13.5. The van der Waals surface area contributed by atoms with Crippen molar-refractivity contribution in [3.63, 3.8) is 0 Å². The summed E-state index contributed by atoms with van der Waals surface area (Å²) in [4.78, 5) is 19.3. The molecule has 3 aromatic rings. The Morgan fingerprint density at radius 2 is 1.68 bits per heavy atom. The van der Waals surface area contributed by atoms with Crippen molar-refractivity contribution in [3.05, 3.63) is 78.1 Å². The molecule has 2 aromatic carbocycles. The fourth-order valence-electron chi connectivity index (χ4n) is 2.35. The predicted molar refractivity (Wildman–Crippen MR) is 97.4 cm³/mol. The van der Waals surface area contributed by atoms with E-state index in [-0.39, 0.29) is 5.56 Å². The van der Waals surface area contributed by atoms with Gasteiger partial charge in [0.05, 0.1) is 5.56 Å². The Morgan fingerprint density at radius 1 is 0.960 bits per heavy atom. The Bertz CT molecular complexity index is 836. The van der Waals surface area contributed by atoms with E-state index in [0.717, 1.165) is 24.5 Å². The molecule has 6 nitrogen and oxygen atoms in total. The molecule has 0 atom stereocenters. The minimum Gasteiger partial charge on any atom is -0.478 e. The average molecular weight is 334 g/mol. The van der Waals surface area contributed by atoms with Crippen LogP contribution in [0.5, 0.6) is 0 Å². The Morgan fingerprint density at radius 3 is 2.40 bits per heavy atom. The molecule has 0 amide bonds.